The van der Waals surface area contributed by atoms with Crippen molar-refractivity contribution < 1.29 is 14.2 Å². The quantitative estimate of drug-likeness (QED) is 0.295. The Morgan fingerprint density at radius 3 is 2.25 bits per heavy atom. The number of hydrogen-bond acceptors (Lipinski definition) is 5. The molecule has 6 rings (SSSR count). The average molecular weight is 537 g/mol. The summed E-state index contributed by atoms with van der Waals surface area (Å²) in [7, 11) is 0. The predicted molar refractivity (Wildman–Crippen MR) is 164 cm³/mol. The van der Waals surface area contributed by atoms with Crippen LogP contribution in [0.25, 0.3) is 0 Å². The Hall–Kier alpha value is -3.09. The van der Waals surface area contributed by atoms with Crippen molar-refractivity contribution in [3.05, 3.63) is 82.9 Å². The molecule has 3 aromatic carbocycles. The second-order valence-corrected chi connectivity index (χ2v) is 12.8. The van der Waals surface area contributed by atoms with Crippen molar-refractivity contribution in [2.45, 2.75) is 70.7 Å². The van der Waals surface area contributed by atoms with E-state index in [2.05, 4.69) is 94.2 Å². The maximum absolute atomic E-state index is 13.4. The van der Waals surface area contributed by atoms with Crippen LogP contribution >= 0.6 is 0 Å². The zero-order valence-corrected chi connectivity index (χ0v) is 24.8. The highest BCUT2D eigenvalue weighted by atomic mass is 16.5. The first-order valence-electron chi connectivity index (χ1n) is 14.8. The Morgan fingerprint density at radius 1 is 0.900 bits per heavy atom. The summed E-state index contributed by atoms with van der Waals surface area (Å²) in [6, 6.07) is 21.3. The van der Waals surface area contributed by atoms with Crippen LogP contribution in [0.15, 0.2) is 60.7 Å². The summed E-state index contributed by atoms with van der Waals surface area (Å²) in [6.07, 6.45) is 1.36. The number of benzene rings is 3. The van der Waals surface area contributed by atoms with Crippen LogP contribution in [0.5, 0.6) is 11.5 Å². The molecule has 40 heavy (non-hydrogen) atoms. The van der Waals surface area contributed by atoms with Gasteiger partial charge in [-0.1, -0.05) is 63.2 Å². The van der Waals surface area contributed by atoms with E-state index >= 15 is 0 Å². The van der Waals surface area contributed by atoms with E-state index in [1.54, 1.807) is 0 Å². The third-order valence-electron chi connectivity index (χ3n) is 9.92. The Kier molecular flexibility index (Phi) is 6.63. The van der Waals surface area contributed by atoms with Gasteiger partial charge in [-0.15, -0.1) is 0 Å². The molecule has 1 N–H and O–H groups in total. The molecule has 0 radical (unpaired) electrons. The van der Waals surface area contributed by atoms with Gasteiger partial charge in [0.1, 0.15) is 11.5 Å². The summed E-state index contributed by atoms with van der Waals surface area (Å²) in [5, 5.41) is 3.44. The van der Waals surface area contributed by atoms with Gasteiger partial charge in [-0.3, -0.25) is 4.79 Å². The van der Waals surface area contributed by atoms with E-state index in [1.165, 1.54) is 5.69 Å². The van der Waals surface area contributed by atoms with Crippen LogP contribution in [0.3, 0.4) is 0 Å². The summed E-state index contributed by atoms with van der Waals surface area (Å²) in [5.41, 5.74) is 5.54. The Balaban J connectivity index is 1.52. The molecule has 0 aromatic heterocycles. The molecule has 0 spiro atoms. The lowest BCUT2D eigenvalue weighted by atomic mass is 9.33. The lowest BCUT2D eigenvalue weighted by molar-refractivity contribution is -0.00941. The molecular weight excluding hydrogens is 495 g/mol. The number of anilines is 1. The monoisotopic (exact) mass is 536 g/mol. The maximum Gasteiger partial charge on any atom is 0.335 e. The second kappa shape index (κ2) is 9.78. The van der Waals surface area contributed by atoms with Crippen molar-refractivity contribution in [2.24, 2.45) is 0 Å². The molecular formula is C34H41BN2O3. The van der Waals surface area contributed by atoms with Crippen molar-refractivity contribution in [1.82, 2.24) is 5.32 Å². The highest BCUT2D eigenvalue weighted by molar-refractivity contribution is 6.73. The zero-order chi connectivity index (χ0) is 28.3. The third kappa shape index (κ3) is 4.10. The number of piperazine rings is 1. The summed E-state index contributed by atoms with van der Waals surface area (Å²) in [5.74, 6) is 1.89. The Morgan fingerprint density at radius 2 is 1.57 bits per heavy atom. The van der Waals surface area contributed by atoms with Crippen LogP contribution in [-0.2, 0) is 10.1 Å². The van der Waals surface area contributed by atoms with Crippen LogP contribution in [0.4, 0.5) is 5.69 Å². The molecule has 3 aliphatic rings. The van der Waals surface area contributed by atoms with Crippen molar-refractivity contribution in [3.63, 3.8) is 0 Å². The molecule has 2 saturated heterocycles. The number of hydrogen-bond donors (Lipinski definition) is 1. The van der Waals surface area contributed by atoms with Crippen LogP contribution < -0.4 is 20.4 Å². The molecule has 3 aliphatic heterocycles. The number of rotatable bonds is 6. The molecule has 0 aliphatic carbocycles. The number of Topliss-reactive ketones (excluding diaryl/α,β-unsaturated/α-hetero) is 1. The minimum absolute atomic E-state index is 0.00495. The topological polar surface area (TPSA) is 50.8 Å². The first-order valence-corrected chi connectivity index (χ1v) is 14.8. The fourth-order valence-corrected chi connectivity index (χ4v) is 6.74. The standard InChI is InChI=1S/C34H41BN2O3/c1-7-10-29(38)25-11-8-9-12-26(25)34(6)27-15-13-23(35-32(2,3)33(4,5)40-35)21-30(27)39-31-22-24(14-16-28(31)34)37-19-17-36-18-20-37/h8-9,11-16,21-22,36H,7,10,17-20H2,1-6H3. The Bertz CT molecular complexity index is 1460. The summed E-state index contributed by atoms with van der Waals surface area (Å²) >= 11 is 0. The molecule has 6 heteroatoms. The van der Waals surface area contributed by atoms with E-state index in [0.717, 1.165) is 71.8 Å². The number of fused-ring (bicyclic) bond motifs is 2. The van der Waals surface area contributed by atoms with E-state index < -0.39 is 5.41 Å². The van der Waals surface area contributed by atoms with Crippen LogP contribution in [-0.4, -0.2) is 44.5 Å². The second-order valence-electron chi connectivity index (χ2n) is 12.8. The summed E-state index contributed by atoms with van der Waals surface area (Å²) < 4.78 is 13.2. The molecule has 208 valence electrons. The van der Waals surface area contributed by atoms with Crippen LogP contribution in [0.2, 0.25) is 5.31 Å². The highest BCUT2D eigenvalue weighted by Crippen LogP contribution is 2.55. The number of carbonyl (C=O) groups excluding carboxylic acids is 1. The number of ketones is 1. The van der Waals surface area contributed by atoms with Gasteiger partial charge in [0.25, 0.3) is 0 Å². The fourth-order valence-electron chi connectivity index (χ4n) is 6.74. The Labute approximate surface area is 239 Å². The van der Waals surface area contributed by atoms with Gasteiger partial charge in [0, 0.05) is 72.0 Å². The fraction of sp³-hybridized carbons (Fsp3) is 0.441. The number of nitrogens with zero attached hydrogens (tertiary/aromatic N) is 1. The van der Waals surface area contributed by atoms with E-state index in [1.807, 2.05) is 18.2 Å². The molecule has 5 nitrogen and oxygen atoms in total. The molecule has 1 unspecified atom stereocenters. The van der Waals surface area contributed by atoms with Gasteiger partial charge in [0.05, 0.1) is 5.41 Å². The third-order valence-corrected chi connectivity index (χ3v) is 9.92. The van der Waals surface area contributed by atoms with E-state index in [4.69, 9.17) is 9.39 Å². The number of ether oxygens (including phenoxy) is 1. The smallest absolute Gasteiger partial charge is 0.335 e. The first kappa shape index (κ1) is 27.1. The van der Waals surface area contributed by atoms with Crippen molar-refractivity contribution in [3.8, 4) is 11.5 Å². The average Bonchev–Trinajstić information content (AvgIpc) is 2.96. The first-order chi connectivity index (χ1) is 19.1. The van der Waals surface area contributed by atoms with Gasteiger partial charge < -0.3 is 19.6 Å². The van der Waals surface area contributed by atoms with Crippen molar-refractivity contribution in [1.29, 1.82) is 0 Å². The van der Waals surface area contributed by atoms with Gasteiger partial charge >= 0.3 is 6.92 Å². The predicted octanol–water partition coefficient (Wildman–Crippen LogP) is 6.33. The van der Waals surface area contributed by atoms with Crippen molar-refractivity contribution >= 4 is 23.8 Å². The van der Waals surface area contributed by atoms with E-state index in [-0.39, 0.29) is 23.6 Å². The summed E-state index contributed by atoms with van der Waals surface area (Å²) in [6.45, 7) is 17.1. The molecule has 0 bridgehead atoms. The SMILES string of the molecule is CCCC(=O)c1ccccc1C1(C)c2ccc(B3OC(C)(C)C3(C)C)cc2Oc2cc(N3CCNCC3)ccc21. The molecule has 1 atom stereocenters. The van der Waals surface area contributed by atoms with Crippen LogP contribution in [0, 0.1) is 0 Å². The van der Waals surface area contributed by atoms with Gasteiger partial charge in [0.2, 0.25) is 0 Å². The lowest BCUT2D eigenvalue weighted by Gasteiger charge is -2.57. The van der Waals surface area contributed by atoms with Gasteiger partial charge in [0.15, 0.2) is 5.78 Å². The molecule has 2 fully saturated rings. The maximum atomic E-state index is 13.4. The van der Waals surface area contributed by atoms with Gasteiger partial charge in [-0.05, 0) is 50.4 Å². The van der Waals surface area contributed by atoms with Crippen LogP contribution in [0.1, 0.15) is 81.4 Å². The largest absolute Gasteiger partial charge is 0.457 e. The van der Waals surface area contributed by atoms with E-state index in [0.29, 0.717) is 6.42 Å². The molecule has 3 aromatic rings. The minimum Gasteiger partial charge on any atom is -0.457 e. The zero-order valence-electron chi connectivity index (χ0n) is 24.8. The molecule has 0 saturated carbocycles. The van der Waals surface area contributed by atoms with Crippen molar-refractivity contribution in [2.75, 3.05) is 31.1 Å². The minimum atomic E-state index is -0.557. The van der Waals surface area contributed by atoms with Gasteiger partial charge in [-0.2, -0.15) is 0 Å². The summed E-state index contributed by atoms with van der Waals surface area (Å²) in [4.78, 5) is 15.8. The lowest BCUT2D eigenvalue weighted by Crippen LogP contribution is -2.66. The van der Waals surface area contributed by atoms with E-state index in [9.17, 15) is 4.79 Å². The number of carbonyl (C=O) groups is 1. The van der Waals surface area contributed by atoms with Gasteiger partial charge in [-0.25, -0.2) is 0 Å². The number of nitrogens with one attached hydrogen (secondary N) is 1. The normalized spacial score (nSPS) is 22.6. The molecule has 0 amide bonds. The molecule has 3 heterocycles. The highest BCUT2D eigenvalue weighted by Gasteiger charge is 2.59.